The molecule has 0 radical (unpaired) electrons. The highest BCUT2D eigenvalue weighted by Gasteiger charge is 2.30. The standard InChI is InChI=1S/C23H18F3NO4/c1-16(22(28)31-27-15-17-5-3-2-4-6-17)29-19-11-13-21(14-12-19)30-20-9-7-18(8-10-20)23(24,25)26/h2-16H,1H3. The van der Waals surface area contributed by atoms with Crippen LogP contribution in [0.3, 0.4) is 0 Å². The minimum Gasteiger partial charge on any atom is -0.479 e. The molecule has 0 aromatic heterocycles. The Hall–Kier alpha value is -3.81. The molecule has 3 aromatic carbocycles. The monoisotopic (exact) mass is 429 g/mol. The van der Waals surface area contributed by atoms with E-state index in [9.17, 15) is 18.0 Å². The van der Waals surface area contributed by atoms with Gasteiger partial charge in [0.2, 0.25) is 0 Å². The van der Waals surface area contributed by atoms with Crippen molar-refractivity contribution in [3.05, 3.63) is 90.0 Å². The van der Waals surface area contributed by atoms with Crippen molar-refractivity contribution in [1.29, 1.82) is 0 Å². The van der Waals surface area contributed by atoms with Gasteiger partial charge in [-0.1, -0.05) is 35.5 Å². The third-order valence-corrected chi connectivity index (χ3v) is 4.03. The van der Waals surface area contributed by atoms with Crippen LogP contribution in [0.15, 0.2) is 84.0 Å². The van der Waals surface area contributed by atoms with E-state index in [1.165, 1.54) is 25.3 Å². The van der Waals surface area contributed by atoms with Gasteiger partial charge in [0.15, 0.2) is 6.10 Å². The van der Waals surface area contributed by atoms with E-state index in [4.69, 9.17) is 14.3 Å². The zero-order chi connectivity index (χ0) is 22.3. The zero-order valence-corrected chi connectivity index (χ0v) is 16.4. The summed E-state index contributed by atoms with van der Waals surface area (Å²) in [5.41, 5.74) is 0.0325. The number of nitrogens with zero attached hydrogens (tertiary/aromatic N) is 1. The maximum Gasteiger partial charge on any atom is 0.416 e. The number of hydrogen-bond acceptors (Lipinski definition) is 5. The van der Waals surface area contributed by atoms with Crippen LogP contribution in [0.25, 0.3) is 0 Å². The van der Waals surface area contributed by atoms with Crippen molar-refractivity contribution >= 4 is 12.2 Å². The van der Waals surface area contributed by atoms with Gasteiger partial charge in [-0.05, 0) is 61.0 Å². The van der Waals surface area contributed by atoms with Crippen molar-refractivity contribution in [3.8, 4) is 17.2 Å². The Morgan fingerprint density at radius 1 is 0.871 bits per heavy atom. The summed E-state index contributed by atoms with van der Waals surface area (Å²) >= 11 is 0. The lowest BCUT2D eigenvalue weighted by atomic mass is 10.2. The van der Waals surface area contributed by atoms with Gasteiger partial charge in [-0.25, -0.2) is 4.79 Å². The summed E-state index contributed by atoms with van der Waals surface area (Å²) in [5, 5.41) is 3.64. The second kappa shape index (κ2) is 9.80. The lowest BCUT2D eigenvalue weighted by Crippen LogP contribution is -2.24. The lowest BCUT2D eigenvalue weighted by molar-refractivity contribution is -0.151. The molecule has 160 valence electrons. The van der Waals surface area contributed by atoms with Crippen LogP contribution >= 0.6 is 0 Å². The van der Waals surface area contributed by atoms with E-state index in [0.717, 1.165) is 17.7 Å². The van der Waals surface area contributed by atoms with Crippen LogP contribution in [-0.2, 0) is 15.8 Å². The van der Waals surface area contributed by atoms with Gasteiger partial charge < -0.3 is 14.3 Å². The van der Waals surface area contributed by atoms with E-state index in [-0.39, 0.29) is 5.75 Å². The highest BCUT2D eigenvalue weighted by atomic mass is 19.4. The number of halogens is 3. The number of carbonyl (C=O) groups is 1. The first-order valence-electron chi connectivity index (χ1n) is 9.22. The molecule has 3 aromatic rings. The number of alkyl halides is 3. The molecule has 0 saturated heterocycles. The highest BCUT2D eigenvalue weighted by Crippen LogP contribution is 2.31. The van der Waals surface area contributed by atoms with Gasteiger partial charge in [-0.2, -0.15) is 13.2 Å². The average molecular weight is 429 g/mol. The Balaban J connectivity index is 1.51. The smallest absolute Gasteiger partial charge is 0.416 e. The third-order valence-electron chi connectivity index (χ3n) is 4.03. The SMILES string of the molecule is CC(Oc1ccc(Oc2ccc(C(F)(F)F)cc2)cc1)C(=O)ON=Cc1ccccc1. The highest BCUT2D eigenvalue weighted by molar-refractivity contribution is 5.80. The summed E-state index contributed by atoms with van der Waals surface area (Å²) in [6.45, 7) is 1.52. The number of rotatable bonds is 7. The molecule has 0 heterocycles. The van der Waals surface area contributed by atoms with Crippen LogP contribution in [0.4, 0.5) is 13.2 Å². The normalized spacial score (nSPS) is 12.4. The molecule has 1 atom stereocenters. The van der Waals surface area contributed by atoms with Gasteiger partial charge in [0.1, 0.15) is 17.2 Å². The first-order valence-corrected chi connectivity index (χ1v) is 9.22. The topological polar surface area (TPSA) is 57.1 Å². The van der Waals surface area contributed by atoms with Crippen LogP contribution in [-0.4, -0.2) is 18.3 Å². The zero-order valence-electron chi connectivity index (χ0n) is 16.4. The molecule has 0 fully saturated rings. The first kappa shape index (κ1) is 21.9. The molecule has 0 saturated carbocycles. The van der Waals surface area contributed by atoms with Crippen LogP contribution < -0.4 is 9.47 Å². The minimum absolute atomic E-state index is 0.259. The number of hydrogen-bond donors (Lipinski definition) is 0. The fraction of sp³-hybridized carbons (Fsp3) is 0.130. The lowest BCUT2D eigenvalue weighted by Gasteiger charge is -2.12. The third kappa shape index (κ3) is 6.60. The van der Waals surface area contributed by atoms with Gasteiger partial charge in [-0.3, -0.25) is 0 Å². The first-order chi connectivity index (χ1) is 14.8. The molecular formula is C23H18F3NO4. The Bertz CT molecular complexity index is 1020. The van der Waals surface area contributed by atoms with Crippen molar-refractivity contribution in [2.45, 2.75) is 19.2 Å². The van der Waals surface area contributed by atoms with Gasteiger partial charge in [0.05, 0.1) is 11.8 Å². The minimum atomic E-state index is -4.40. The second-order valence-electron chi connectivity index (χ2n) is 6.41. The quantitative estimate of drug-likeness (QED) is 0.269. The molecule has 0 aliphatic rings. The van der Waals surface area contributed by atoms with Crippen molar-refractivity contribution < 1.29 is 32.3 Å². The predicted molar refractivity (Wildman–Crippen MR) is 108 cm³/mol. The molecule has 31 heavy (non-hydrogen) atoms. The number of oxime groups is 1. The summed E-state index contributed by atoms with van der Waals surface area (Å²) < 4.78 is 48.8. The van der Waals surface area contributed by atoms with E-state index in [2.05, 4.69) is 5.16 Å². The number of ether oxygens (including phenoxy) is 2. The Morgan fingerprint density at radius 2 is 1.42 bits per heavy atom. The van der Waals surface area contributed by atoms with E-state index in [0.29, 0.717) is 11.5 Å². The van der Waals surface area contributed by atoms with Crippen molar-refractivity contribution in [2.75, 3.05) is 0 Å². The number of benzene rings is 3. The fourth-order valence-electron chi connectivity index (χ4n) is 2.44. The van der Waals surface area contributed by atoms with Gasteiger partial charge in [-0.15, -0.1) is 0 Å². The largest absolute Gasteiger partial charge is 0.479 e. The second-order valence-corrected chi connectivity index (χ2v) is 6.41. The maximum absolute atomic E-state index is 12.6. The Morgan fingerprint density at radius 3 is 2.00 bits per heavy atom. The van der Waals surface area contributed by atoms with Crippen molar-refractivity contribution in [3.63, 3.8) is 0 Å². The van der Waals surface area contributed by atoms with E-state index >= 15 is 0 Å². The fourth-order valence-corrected chi connectivity index (χ4v) is 2.44. The van der Waals surface area contributed by atoms with E-state index in [1.54, 1.807) is 24.3 Å². The predicted octanol–water partition coefficient (Wildman–Crippen LogP) is 5.84. The molecule has 0 aliphatic carbocycles. The molecular weight excluding hydrogens is 411 g/mol. The van der Waals surface area contributed by atoms with Crippen LogP contribution in [0, 0.1) is 0 Å². The molecule has 8 heteroatoms. The van der Waals surface area contributed by atoms with Gasteiger partial charge >= 0.3 is 12.1 Å². The van der Waals surface area contributed by atoms with Crippen LogP contribution in [0.5, 0.6) is 17.2 Å². The summed E-state index contributed by atoms with van der Waals surface area (Å²) in [6, 6.07) is 19.8. The van der Waals surface area contributed by atoms with E-state index < -0.39 is 23.8 Å². The molecule has 0 aliphatic heterocycles. The van der Waals surface area contributed by atoms with Crippen LogP contribution in [0.1, 0.15) is 18.1 Å². The molecule has 0 spiro atoms. The van der Waals surface area contributed by atoms with Crippen molar-refractivity contribution in [2.24, 2.45) is 5.16 Å². The molecule has 0 amide bonds. The molecule has 1 unspecified atom stereocenters. The van der Waals surface area contributed by atoms with E-state index in [1.807, 2.05) is 30.3 Å². The van der Waals surface area contributed by atoms with Crippen LogP contribution in [0.2, 0.25) is 0 Å². The summed E-state index contributed by atoms with van der Waals surface area (Å²) in [6.07, 6.45) is -3.89. The van der Waals surface area contributed by atoms with Gasteiger partial charge in [0, 0.05) is 0 Å². The number of carbonyl (C=O) groups excluding carboxylic acids is 1. The average Bonchev–Trinajstić information content (AvgIpc) is 2.75. The molecule has 0 bridgehead atoms. The summed E-state index contributed by atoms with van der Waals surface area (Å²) in [5.74, 6) is 0.373. The molecule has 5 nitrogen and oxygen atoms in total. The summed E-state index contributed by atoms with van der Waals surface area (Å²) in [4.78, 5) is 16.8. The van der Waals surface area contributed by atoms with Crippen molar-refractivity contribution in [1.82, 2.24) is 0 Å². The molecule has 0 N–H and O–H groups in total. The Kier molecular flexibility index (Phi) is 6.92. The molecule has 3 rings (SSSR count). The van der Waals surface area contributed by atoms with Gasteiger partial charge in [0.25, 0.3) is 0 Å². The maximum atomic E-state index is 12.6. The summed E-state index contributed by atoms with van der Waals surface area (Å²) in [7, 11) is 0. The Labute approximate surface area is 176 Å².